The van der Waals surface area contributed by atoms with E-state index in [0.717, 1.165) is 42.0 Å². The maximum Gasteiger partial charge on any atom is 0.430 e. The summed E-state index contributed by atoms with van der Waals surface area (Å²) in [4.78, 5) is 25.7. The van der Waals surface area contributed by atoms with Crippen molar-refractivity contribution < 1.29 is 27.9 Å². The SMILES string of the molecule is CNC(=O)c1ccc(NCCCCC2CCN(C(=O)[C@](O)(c3ccccc3)C(F)(F)F)CC2)cc1Cl. The lowest BCUT2D eigenvalue weighted by Crippen LogP contribution is -2.57. The van der Waals surface area contributed by atoms with Crippen LogP contribution < -0.4 is 10.6 Å². The van der Waals surface area contributed by atoms with Crippen molar-refractivity contribution in [1.82, 2.24) is 10.2 Å². The molecule has 196 valence electrons. The Labute approximate surface area is 213 Å². The Hall–Kier alpha value is -2.78. The lowest BCUT2D eigenvalue weighted by molar-refractivity contribution is -0.262. The van der Waals surface area contributed by atoms with Crippen molar-refractivity contribution in [1.29, 1.82) is 0 Å². The van der Waals surface area contributed by atoms with Crippen molar-refractivity contribution in [2.24, 2.45) is 5.92 Å². The number of rotatable bonds is 9. The Kier molecular flexibility index (Phi) is 9.24. The number of nitrogens with one attached hydrogen (secondary N) is 2. The molecule has 2 amide bonds. The molecule has 1 heterocycles. The van der Waals surface area contributed by atoms with Gasteiger partial charge in [0, 0.05) is 37.9 Å². The molecule has 0 saturated carbocycles. The Morgan fingerprint density at radius 3 is 2.33 bits per heavy atom. The number of hydrogen-bond donors (Lipinski definition) is 3. The average Bonchev–Trinajstić information content (AvgIpc) is 2.87. The number of carbonyl (C=O) groups is 2. The first kappa shape index (κ1) is 27.8. The number of amides is 2. The molecule has 1 aliphatic rings. The van der Waals surface area contributed by atoms with E-state index in [1.54, 1.807) is 25.2 Å². The molecule has 3 rings (SSSR count). The summed E-state index contributed by atoms with van der Waals surface area (Å²) in [5.41, 5.74) is -2.79. The Morgan fingerprint density at radius 2 is 1.75 bits per heavy atom. The van der Waals surface area contributed by atoms with Gasteiger partial charge in [-0.15, -0.1) is 0 Å². The largest absolute Gasteiger partial charge is 0.430 e. The molecule has 1 fully saturated rings. The van der Waals surface area contributed by atoms with E-state index < -0.39 is 23.2 Å². The number of alkyl halides is 3. The molecule has 0 aromatic heterocycles. The van der Waals surface area contributed by atoms with Crippen molar-refractivity contribution in [3.63, 3.8) is 0 Å². The van der Waals surface area contributed by atoms with E-state index in [1.165, 1.54) is 18.2 Å². The highest BCUT2D eigenvalue weighted by atomic mass is 35.5. The van der Waals surface area contributed by atoms with E-state index in [9.17, 15) is 27.9 Å². The highest BCUT2D eigenvalue weighted by Gasteiger charge is 2.62. The van der Waals surface area contributed by atoms with Crippen LogP contribution in [0.5, 0.6) is 0 Å². The number of piperidine rings is 1. The van der Waals surface area contributed by atoms with Gasteiger partial charge in [-0.2, -0.15) is 13.2 Å². The lowest BCUT2D eigenvalue weighted by atomic mass is 9.88. The van der Waals surface area contributed by atoms with Gasteiger partial charge < -0.3 is 20.6 Å². The van der Waals surface area contributed by atoms with Crippen molar-refractivity contribution in [2.45, 2.75) is 43.9 Å². The van der Waals surface area contributed by atoms with E-state index in [4.69, 9.17) is 11.6 Å². The zero-order chi connectivity index (χ0) is 26.3. The third-order valence-electron chi connectivity index (χ3n) is 6.62. The zero-order valence-corrected chi connectivity index (χ0v) is 20.8. The molecular formula is C26H31ClF3N3O3. The lowest BCUT2D eigenvalue weighted by Gasteiger charge is -2.38. The average molecular weight is 526 g/mol. The van der Waals surface area contributed by atoms with E-state index >= 15 is 0 Å². The van der Waals surface area contributed by atoms with Gasteiger partial charge in [0.05, 0.1) is 10.6 Å². The van der Waals surface area contributed by atoms with Gasteiger partial charge in [-0.05, 0) is 43.4 Å². The summed E-state index contributed by atoms with van der Waals surface area (Å²) in [6.45, 7) is 1.08. The molecule has 2 aromatic rings. The first-order chi connectivity index (χ1) is 17.1. The van der Waals surface area contributed by atoms with Crippen LogP contribution in [0, 0.1) is 5.92 Å². The summed E-state index contributed by atoms with van der Waals surface area (Å²) in [6.07, 6.45) is -1.22. The minimum atomic E-state index is -5.12. The minimum absolute atomic E-state index is 0.184. The minimum Gasteiger partial charge on any atom is -0.385 e. The van der Waals surface area contributed by atoms with Crippen molar-refractivity contribution >= 4 is 29.1 Å². The van der Waals surface area contributed by atoms with Crippen LogP contribution >= 0.6 is 11.6 Å². The molecular weight excluding hydrogens is 495 g/mol. The van der Waals surface area contributed by atoms with Gasteiger partial charge in [-0.3, -0.25) is 9.59 Å². The number of hydrogen-bond acceptors (Lipinski definition) is 4. The van der Waals surface area contributed by atoms with Gasteiger partial charge in [-0.25, -0.2) is 0 Å². The number of benzene rings is 2. The molecule has 0 unspecified atom stereocenters. The second-order valence-corrected chi connectivity index (χ2v) is 9.41. The summed E-state index contributed by atoms with van der Waals surface area (Å²) in [6, 6.07) is 11.7. The molecule has 1 saturated heterocycles. The number of carbonyl (C=O) groups excluding carboxylic acids is 2. The monoisotopic (exact) mass is 525 g/mol. The number of nitrogens with zero attached hydrogens (tertiary/aromatic N) is 1. The maximum absolute atomic E-state index is 13.8. The van der Waals surface area contributed by atoms with Gasteiger partial charge >= 0.3 is 6.18 Å². The fourth-order valence-electron chi connectivity index (χ4n) is 4.48. The number of likely N-dealkylation sites (tertiary alicyclic amines) is 1. The van der Waals surface area contributed by atoms with E-state index in [-0.39, 0.29) is 19.0 Å². The molecule has 10 heteroatoms. The molecule has 0 aliphatic carbocycles. The molecule has 3 N–H and O–H groups in total. The molecule has 1 aliphatic heterocycles. The van der Waals surface area contributed by atoms with Crippen LogP contribution in [0.2, 0.25) is 5.02 Å². The fourth-order valence-corrected chi connectivity index (χ4v) is 4.74. The predicted molar refractivity (Wildman–Crippen MR) is 133 cm³/mol. The molecule has 0 spiro atoms. The quantitative estimate of drug-likeness (QED) is 0.404. The Balaban J connectivity index is 1.44. The van der Waals surface area contributed by atoms with Gasteiger partial charge in [-0.1, -0.05) is 54.8 Å². The van der Waals surface area contributed by atoms with Crippen LogP contribution in [0.15, 0.2) is 48.5 Å². The van der Waals surface area contributed by atoms with Crippen LogP contribution in [-0.2, 0) is 10.4 Å². The predicted octanol–water partition coefficient (Wildman–Crippen LogP) is 4.97. The van der Waals surface area contributed by atoms with Crippen molar-refractivity contribution in [3.05, 3.63) is 64.7 Å². The third-order valence-corrected chi connectivity index (χ3v) is 6.93. The standard InChI is InChI=1S/C26H31ClF3N3O3/c1-31-23(34)21-11-10-20(17-22(21)27)32-14-6-5-7-18-12-15-33(16-13-18)24(35)25(36,26(28,29)30)19-8-3-2-4-9-19/h2-4,8-11,17-18,32,36H,5-7,12-16H2,1H3,(H,31,34)/t25-/m1/s1. The smallest absolute Gasteiger partial charge is 0.385 e. The van der Waals surface area contributed by atoms with E-state index in [1.807, 2.05) is 0 Å². The van der Waals surface area contributed by atoms with E-state index in [0.29, 0.717) is 35.9 Å². The van der Waals surface area contributed by atoms with Crippen LogP contribution in [0.25, 0.3) is 0 Å². The highest BCUT2D eigenvalue weighted by molar-refractivity contribution is 6.34. The van der Waals surface area contributed by atoms with Gasteiger partial charge in [0.2, 0.25) is 0 Å². The number of halogens is 4. The first-order valence-corrected chi connectivity index (χ1v) is 12.3. The summed E-state index contributed by atoms with van der Waals surface area (Å²) >= 11 is 6.16. The summed E-state index contributed by atoms with van der Waals surface area (Å²) in [5, 5.41) is 16.7. The first-order valence-electron chi connectivity index (χ1n) is 12.0. The van der Waals surface area contributed by atoms with E-state index in [2.05, 4.69) is 10.6 Å². The van der Waals surface area contributed by atoms with Crippen molar-refractivity contribution in [3.8, 4) is 0 Å². The molecule has 1 atom stereocenters. The normalized spacial score (nSPS) is 16.3. The molecule has 2 aromatic carbocycles. The second kappa shape index (κ2) is 12.0. The number of aliphatic hydroxyl groups is 1. The second-order valence-electron chi connectivity index (χ2n) is 9.01. The van der Waals surface area contributed by atoms with Crippen molar-refractivity contribution in [2.75, 3.05) is 32.0 Å². The summed E-state index contributed by atoms with van der Waals surface area (Å²) in [7, 11) is 1.54. The topological polar surface area (TPSA) is 81.7 Å². The van der Waals surface area contributed by atoms with Gasteiger partial charge in [0.1, 0.15) is 0 Å². The Bertz CT molecular complexity index is 1040. The molecule has 6 nitrogen and oxygen atoms in total. The van der Waals surface area contributed by atoms with Crippen LogP contribution in [0.1, 0.15) is 48.0 Å². The molecule has 0 radical (unpaired) electrons. The Morgan fingerprint density at radius 1 is 1.08 bits per heavy atom. The number of unbranched alkanes of at least 4 members (excludes halogenated alkanes) is 1. The van der Waals surface area contributed by atoms with Gasteiger partial charge in [0.15, 0.2) is 0 Å². The molecule has 0 bridgehead atoms. The third kappa shape index (κ3) is 6.31. The van der Waals surface area contributed by atoms with Crippen LogP contribution in [0.3, 0.4) is 0 Å². The summed E-state index contributed by atoms with van der Waals surface area (Å²) in [5.74, 6) is -1.25. The summed E-state index contributed by atoms with van der Waals surface area (Å²) < 4.78 is 41.4. The fraction of sp³-hybridized carbons (Fsp3) is 0.462. The number of anilines is 1. The maximum atomic E-state index is 13.8. The van der Waals surface area contributed by atoms with Crippen LogP contribution in [0.4, 0.5) is 18.9 Å². The van der Waals surface area contributed by atoms with Crippen LogP contribution in [-0.4, -0.2) is 54.7 Å². The highest BCUT2D eigenvalue weighted by Crippen LogP contribution is 2.41. The van der Waals surface area contributed by atoms with Gasteiger partial charge in [0.25, 0.3) is 17.4 Å². The zero-order valence-electron chi connectivity index (χ0n) is 20.1. The molecule has 36 heavy (non-hydrogen) atoms.